The molecule has 3 heterocycles. The number of H-pyrrole nitrogens is 1. The van der Waals surface area contributed by atoms with Crippen LogP contribution in [0.25, 0.3) is 0 Å². The van der Waals surface area contributed by atoms with Gasteiger partial charge in [-0.15, -0.1) is 0 Å². The van der Waals surface area contributed by atoms with Gasteiger partial charge in [-0.2, -0.15) is 0 Å². The van der Waals surface area contributed by atoms with Crippen molar-refractivity contribution in [1.29, 1.82) is 0 Å². The summed E-state index contributed by atoms with van der Waals surface area (Å²) in [6, 6.07) is 0. The molecule has 2 aliphatic rings. The Morgan fingerprint density at radius 1 is 1.39 bits per heavy atom. The Labute approximate surface area is 139 Å². The molecule has 3 rings (SSSR count). The van der Waals surface area contributed by atoms with Crippen LogP contribution in [0.15, 0.2) is 6.20 Å². The quantitative estimate of drug-likeness (QED) is 0.879. The molecule has 0 unspecified atom stereocenters. The number of hydrogen-bond acceptors (Lipinski definition) is 4. The van der Waals surface area contributed by atoms with E-state index in [9.17, 15) is 5.11 Å². The number of hydrogen-bond donors (Lipinski definition) is 2. The normalized spacial score (nSPS) is 29.1. The van der Waals surface area contributed by atoms with E-state index in [1.165, 1.54) is 0 Å². The van der Waals surface area contributed by atoms with Crippen LogP contribution in [0.1, 0.15) is 58.0 Å². The van der Waals surface area contributed by atoms with E-state index in [0.717, 1.165) is 56.8 Å². The van der Waals surface area contributed by atoms with E-state index >= 15 is 0 Å². The minimum atomic E-state index is -0.229. The number of aryl methyl sites for hydroxylation is 1. The molecular formula is C18H31N3O2. The van der Waals surface area contributed by atoms with Gasteiger partial charge in [-0.05, 0) is 25.2 Å². The molecule has 2 fully saturated rings. The molecule has 1 spiro atoms. The van der Waals surface area contributed by atoms with E-state index in [2.05, 4.69) is 35.6 Å². The van der Waals surface area contributed by atoms with Crippen LogP contribution >= 0.6 is 0 Å². The maximum absolute atomic E-state index is 10.4. The number of likely N-dealkylation sites (tertiary alicyclic amines) is 1. The fraction of sp³-hybridized carbons (Fsp3) is 0.833. The highest BCUT2D eigenvalue weighted by atomic mass is 16.5. The van der Waals surface area contributed by atoms with Crippen molar-refractivity contribution in [3.05, 3.63) is 17.7 Å². The van der Waals surface area contributed by atoms with Crippen molar-refractivity contribution < 1.29 is 9.84 Å². The van der Waals surface area contributed by atoms with E-state index in [0.29, 0.717) is 0 Å². The predicted molar refractivity (Wildman–Crippen MR) is 90.1 cm³/mol. The van der Waals surface area contributed by atoms with Crippen molar-refractivity contribution in [3.63, 3.8) is 0 Å². The Balaban J connectivity index is 1.60. The summed E-state index contributed by atoms with van der Waals surface area (Å²) >= 11 is 0. The molecule has 0 radical (unpaired) electrons. The lowest BCUT2D eigenvalue weighted by molar-refractivity contribution is -0.208. The van der Waals surface area contributed by atoms with Gasteiger partial charge in [0.05, 0.1) is 24.4 Å². The van der Waals surface area contributed by atoms with E-state index in [1.54, 1.807) is 0 Å². The average molecular weight is 321 g/mol. The minimum Gasteiger partial charge on any atom is -0.393 e. The van der Waals surface area contributed by atoms with Gasteiger partial charge >= 0.3 is 0 Å². The second kappa shape index (κ2) is 6.19. The first-order chi connectivity index (χ1) is 10.8. The first kappa shape index (κ1) is 16.9. The molecule has 2 N–H and O–H groups in total. The minimum absolute atomic E-state index is 0.0806. The van der Waals surface area contributed by atoms with Gasteiger partial charge in [0, 0.05) is 37.8 Å². The van der Waals surface area contributed by atoms with Crippen LogP contribution in [0.3, 0.4) is 0 Å². The van der Waals surface area contributed by atoms with Gasteiger partial charge in [-0.1, -0.05) is 20.8 Å². The number of nitrogens with zero attached hydrogens (tertiary/aromatic N) is 2. The van der Waals surface area contributed by atoms with Crippen LogP contribution in [0, 0.1) is 12.3 Å². The Morgan fingerprint density at radius 3 is 2.65 bits per heavy atom. The third-order valence-corrected chi connectivity index (χ3v) is 5.35. The van der Waals surface area contributed by atoms with Crippen LogP contribution in [-0.4, -0.2) is 50.9 Å². The Bertz CT molecular complexity index is 527. The third kappa shape index (κ3) is 3.95. The number of aliphatic hydroxyl groups excluding tert-OH is 1. The number of ether oxygens (including phenoxy) is 1. The maximum Gasteiger partial charge on any atom is 0.120 e. The van der Waals surface area contributed by atoms with Crippen LogP contribution in [-0.2, 0) is 11.3 Å². The first-order valence-electron chi connectivity index (χ1n) is 8.84. The van der Waals surface area contributed by atoms with E-state index in [4.69, 9.17) is 4.74 Å². The van der Waals surface area contributed by atoms with Gasteiger partial charge in [0.1, 0.15) is 5.82 Å². The van der Waals surface area contributed by atoms with Gasteiger partial charge in [0.25, 0.3) is 0 Å². The molecule has 0 aliphatic carbocycles. The molecule has 0 saturated carbocycles. The highest BCUT2D eigenvalue weighted by Crippen LogP contribution is 2.42. The zero-order valence-electron chi connectivity index (χ0n) is 14.9. The molecule has 2 aliphatic heterocycles. The number of imidazole rings is 1. The molecule has 5 heteroatoms. The van der Waals surface area contributed by atoms with Gasteiger partial charge in [0.15, 0.2) is 0 Å². The molecule has 130 valence electrons. The fourth-order valence-corrected chi connectivity index (χ4v) is 3.89. The molecule has 0 aromatic carbocycles. The van der Waals surface area contributed by atoms with E-state index in [1.807, 2.05) is 13.1 Å². The van der Waals surface area contributed by atoms with Crippen molar-refractivity contribution >= 4 is 0 Å². The van der Waals surface area contributed by atoms with Crippen molar-refractivity contribution in [2.24, 2.45) is 5.41 Å². The van der Waals surface area contributed by atoms with Crippen LogP contribution in [0.5, 0.6) is 0 Å². The van der Waals surface area contributed by atoms with Crippen LogP contribution in [0.2, 0.25) is 0 Å². The third-order valence-electron chi connectivity index (χ3n) is 5.35. The highest BCUT2D eigenvalue weighted by molar-refractivity contribution is 5.00. The van der Waals surface area contributed by atoms with Gasteiger partial charge < -0.3 is 14.8 Å². The van der Waals surface area contributed by atoms with Gasteiger partial charge in [-0.3, -0.25) is 4.90 Å². The molecule has 5 nitrogen and oxygen atoms in total. The van der Waals surface area contributed by atoms with Gasteiger partial charge in [-0.25, -0.2) is 4.98 Å². The molecule has 0 amide bonds. The van der Waals surface area contributed by atoms with Crippen LogP contribution in [0.4, 0.5) is 0 Å². The number of rotatable bonds is 2. The largest absolute Gasteiger partial charge is 0.393 e. The smallest absolute Gasteiger partial charge is 0.120 e. The molecule has 2 saturated heterocycles. The van der Waals surface area contributed by atoms with E-state index < -0.39 is 0 Å². The zero-order valence-corrected chi connectivity index (χ0v) is 14.9. The maximum atomic E-state index is 10.4. The summed E-state index contributed by atoms with van der Waals surface area (Å²) in [5, 5.41) is 10.4. The van der Waals surface area contributed by atoms with Crippen molar-refractivity contribution in [2.45, 2.75) is 77.7 Å². The summed E-state index contributed by atoms with van der Waals surface area (Å²) in [5.74, 6) is 1.04. The van der Waals surface area contributed by atoms with Crippen molar-refractivity contribution in [3.8, 4) is 0 Å². The Hall–Kier alpha value is -0.910. The summed E-state index contributed by atoms with van der Waals surface area (Å²) in [6.07, 6.45) is 5.34. The summed E-state index contributed by atoms with van der Waals surface area (Å²) < 4.78 is 6.54. The molecule has 0 bridgehead atoms. The number of aromatic nitrogens is 2. The second-order valence-corrected chi connectivity index (χ2v) is 8.54. The number of aliphatic hydroxyl groups is 1. The lowest BCUT2D eigenvalue weighted by Crippen LogP contribution is -2.55. The zero-order chi connectivity index (χ0) is 16.7. The molecule has 1 aromatic rings. The number of piperidine rings is 1. The Kier molecular flexibility index (Phi) is 4.55. The monoisotopic (exact) mass is 321 g/mol. The fourth-order valence-electron chi connectivity index (χ4n) is 3.89. The second-order valence-electron chi connectivity index (χ2n) is 8.54. The summed E-state index contributed by atoms with van der Waals surface area (Å²) in [4.78, 5) is 10.1. The van der Waals surface area contributed by atoms with Crippen molar-refractivity contribution in [2.75, 3.05) is 13.1 Å². The molecular weight excluding hydrogens is 290 g/mol. The molecule has 2 atom stereocenters. The molecule has 1 aromatic heterocycles. The number of nitrogens with one attached hydrogen (secondary N) is 1. The average Bonchev–Trinajstić information content (AvgIpc) is 2.85. The summed E-state index contributed by atoms with van der Waals surface area (Å²) in [7, 11) is 0. The highest BCUT2D eigenvalue weighted by Gasteiger charge is 2.46. The first-order valence-corrected chi connectivity index (χ1v) is 8.84. The summed E-state index contributed by atoms with van der Waals surface area (Å²) in [5.41, 5.74) is 1.06. The predicted octanol–water partition coefficient (Wildman–Crippen LogP) is 2.64. The lowest BCUT2D eigenvalue weighted by Gasteiger charge is -2.50. The SMILES string of the molecule is Cc1cnc(CN2CCC3(CC2)C[C@H](O)C[C@H](C(C)(C)C)O3)[nH]1. The van der Waals surface area contributed by atoms with Crippen molar-refractivity contribution in [1.82, 2.24) is 14.9 Å². The van der Waals surface area contributed by atoms with Gasteiger partial charge in [0.2, 0.25) is 0 Å². The van der Waals surface area contributed by atoms with Crippen LogP contribution < -0.4 is 0 Å². The lowest BCUT2D eigenvalue weighted by atomic mass is 9.76. The summed E-state index contributed by atoms with van der Waals surface area (Å²) in [6.45, 7) is 11.5. The topological polar surface area (TPSA) is 61.4 Å². The molecule has 23 heavy (non-hydrogen) atoms. The Morgan fingerprint density at radius 2 is 2.09 bits per heavy atom. The standard InChI is InChI=1S/C18H31N3O2/c1-13-11-19-16(20-13)12-21-7-5-18(6-8-21)10-14(22)9-15(23-18)17(2,3)4/h11,14-15,22H,5-10,12H2,1-4H3,(H,19,20)/t14-,15-/m1/s1. The number of aromatic amines is 1. The van der Waals surface area contributed by atoms with E-state index in [-0.39, 0.29) is 23.2 Å².